The van der Waals surface area contributed by atoms with Crippen molar-refractivity contribution < 1.29 is 4.79 Å². The molecule has 0 aliphatic carbocycles. The van der Waals surface area contributed by atoms with E-state index in [-0.39, 0.29) is 0 Å². The van der Waals surface area contributed by atoms with Crippen LogP contribution in [0.25, 0.3) is 0 Å². The molecule has 1 unspecified atom stereocenters. The molecular formula is C10H23N3OS. The summed E-state index contributed by atoms with van der Waals surface area (Å²) in [5, 5.41) is 3.13. The van der Waals surface area contributed by atoms with Gasteiger partial charge >= 0.3 is 0 Å². The van der Waals surface area contributed by atoms with Gasteiger partial charge in [0.25, 0.3) is 0 Å². The van der Waals surface area contributed by atoms with Gasteiger partial charge in [0.05, 0.1) is 6.04 Å². The number of amides is 1. The van der Waals surface area contributed by atoms with Crippen molar-refractivity contribution >= 4 is 17.7 Å². The highest BCUT2D eigenvalue weighted by Gasteiger charge is 2.06. The number of thioether (sulfide) groups is 1. The van der Waals surface area contributed by atoms with E-state index in [2.05, 4.69) is 11.6 Å². The van der Waals surface area contributed by atoms with Gasteiger partial charge in [-0.3, -0.25) is 4.79 Å². The fourth-order valence-electron chi connectivity index (χ4n) is 1.21. The van der Waals surface area contributed by atoms with E-state index in [0.717, 1.165) is 13.0 Å². The Labute approximate surface area is 96.5 Å². The summed E-state index contributed by atoms with van der Waals surface area (Å²) in [4.78, 5) is 10.6. The van der Waals surface area contributed by atoms with Crippen LogP contribution in [0.4, 0.5) is 0 Å². The summed E-state index contributed by atoms with van der Waals surface area (Å²) in [6.45, 7) is 1.40. The molecule has 15 heavy (non-hydrogen) atoms. The number of rotatable bonds is 10. The number of primary amides is 1. The maximum absolute atomic E-state index is 10.6. The van der Waals surface area contributed by atoms with E-state index in [1.807, 2.05) is 11.8 Å². The molecule has 5 heteroatoms. The minimum Gasteiger partial charge on any atom is -0.368 e. The van der Waals surface area contributed by atoms with Gasteiger partial charge in [-0.05, 0) is 31.4 Å². The SMILES string of the molecule is CSCCCCCCNCC(N)C(N)=O. The van der Waals surface area contributed by atoms with Gasteiger partial charge in [0.1, 0.15) is 0 Å². The Bertz CT molecular complexity index is 167. The van der Waals surface area contributed by atoms with Gasteiger partial charge in [-0.15, -0.1) is 0 Å². The molecule has 0 aliphatic rings. The number of unbranched alkanes of at least 4 members (excludes halogenated alkanes) is 3. The van der Waals surface area contributed by atoms with Crippen LogP contribution in [-0.2, 0) is 4.79 Å². The highest BCUT2D eigenvalue weighted by Crippen LogP contribution is 2.03. The largest absolute Gasteiger partial charge is 0.368 e. The first kappa shape index (κ1) is 14.7. The summed E-state index contributed by atoms with van der Waals surface area (Å²) in [6, 6.07) is -0.554. The molecule has 0 fully saturated rings. The third-order valence-corrected chi connectivity index (χ3v) is 2.88. The van der Waals surface area contributed by atoms with Crippen molar-refractivity contribution in [1.82, 2.24) is 5.32 Å². The molecule has 90 valence electrons. The fourth-order valence-corrected chi connectivity index (χ4v) is 1.70. The van der Waals surface area contributed by atoms with Gasteiger partial charge < -0.3 is 16.8 Å². The summed E-state index contributed by atoms with van der Waals surface area (Å²) in [7, 11) is 0. The van der Waals surface area contributed by atoms with E-state index in [9.17, 15) is 4.79 Å². The van der Waals surface area contributed by atoms with Crippen LogP contribution in [0.1, 0.15) is 25.7 Å². The predicted octanol–water partition coefficient (Wildman–Crippen LogP) is 0.312. The molecule has 0 saturated heterocycles. The quantitative estimate of drug-likeness (QED) is 0.474. The third kappa shape index (κ3) is 10.0. The lowest BCUT2D eigenvalue weighted by molar-refractivity contribution is -0.119. The van der Waals surface area contributed by atoms with E-state index in [0.29, 0.717) is 6.54 Å². The van der Waals surface area contributed by atoms with Gasteiger partial charge in [-0.25, -0.2) is 0 Å². The van der Waals surface area contributed by atoms with Crippen LogP contribution in [0, 0.1) is 0 Å². The molecule has 0 spiro atoms. The lowest BCUT2D eigenvalue weighted by atomic mass is 10.2. The van der Waals surface area contributed by atoms with Gasteiger partial charge in [-0.1, -0.05) is 12.8 Å². The van der Waals surface area contributed by atoms with Crippen LogP contribution < -0.4 is 16.8 Å². The predicted molar refractivity (Wildman–Crippen MR) is 66.9 cm³/mol. The van der Waals surface area contributed by atoms with Crippen LogP contribution in [0.15, 0.2) is 0 Å². The van der Waals surface area contributed by atoms with Crippen molar-refractivity contribution in [3.05, 3.63) is 0 Å². The zero-order chi connectivity index (χ0) is 11.5. The second kappa shape index (κ2) is 10.3. The van der Waals surface area contributed by atoms with E-state index in [1.165, 1.54) is 25.0 Å². The molecule has 0 bridgehead atoms. The highest BCUT2D eigenvalue weighted by atomic mass is 32.2. The number of carbonyl (C=O) groups is 1. The molecule has 0 heterocycles. The molecule has 0 aromatic heterocycles. The molecule has 0 rings (SSSR count). The Kier molecular flexibility index (Phi) is 10.1. The van der Waals surface area contributed by atoms with Crippen molar-refractivity contribution in [2.45, 2.75) is 31.7 Å². The zero-order valence-corrected chi connectivity index (χ0v) is 10.3. The first-order valence-electron chi connectivity index (χ1n) is 5.43. The maximum atomic E-state index is 10.6. The van der Waals surface area contributed by atoms with E-state index < -0.39 is 11.9 Å². The van der Waals surface area contributed by atoms with E-state index in [4.69, 9.17) is 11.5 Å². The van der Waals surface area contributed by atoms with Crippen molar-refractivity contribution in [2.24, 2.45) is 11.5 Å². The third-order valence-electron chi connectivity index (χ3n) is 2.18. The molecule has 4 nitrogen and oxygen atoms in total. The molecule has 1 atom stereocenters. The first-order chi connectivity index (χ1) is 7.18. The number of hydrogen-bond acceptors (Lipinski definition) is 4. The molecule has 0 saturated carbocycles. The van der Waals surface area contributed by atoms with Gasteiger partial charge in [0.15, 0.2) is 0 Å². The van der Waals surface area contributed by atoms with Crippen LogP contribution in [0.2, 0.25) is 0 Å². The minimum absolute atomic E-state index is 0.442. The molecule has 0 aromatic carbocycles. The normalized spacial score (nSPS) is 12.7. The van der Waals surface area contributed by atoms with Crippen molar-refractivity contribution in [1.29, 1.82) is 0 Å². The summed E-state index contributed by atoms with van der Waals surface area (Å²) >= 11 is 1.89. The van der Waals surface area contributed by atoms with Crippen molar-refractivity contribution in [3.63, 3.8) is 0 Å². The Morgan fingerprint density at radius 2 is 2.00 bits per heavy atom. The topological polar surface area (TPSA) is 81.1 Å². The molecular weight excluding hydrogens is 210 g/mol. The van der Waals surface area contributed by atoms with Crippen LogP contribution in [0.5, 0.6) is 0 Å². The van der Waals surface area contributed by atoms with Crippen LogP contribution in [0.3, 0.4) is 0 Å². The Balaban J connectivity index is 3.08. The maximum Gasteiger partial charge on any atom is 0.235 e. The van der Waals surface area contributed by atoms with E-state index >= 15 is 0 Å². The summed E-state index contributed by atoms with van der Waals surface area (Å²) in [5.74, 6) is 0.808. The first-order valence-corrected chi connectivity index (χ1v) is 6.82. The second-order valence-electron chi connectivity index (χ2n) is 3.62. The Morgan fingerprint density at radius 1 is 1.33 bits per heavy atom. The van der Waals surface area contributed by atoms with Crippen LogP contribution in [-0.4, -0.2) is 37.0 Å². The lowest BCUT2D eigenvalue weighted by Crippen LogP contribution is -2.44. The van der Waals surface area contributed by atoms with Gasteiger partial charge in [0, 0.05) is 6.54 Å². The van der Waals surface area contributed by atoms with Gasteiger partial charge in [0.2, 0.25) is 5.91 Å². The van der Waals surface area contributed by atoms with Crippen molar-refractivity contribution in [2.75, 3.05) is 25.1 Å². The molecule has 0 aliphatic heterocycles. The summed E-state index contributed by atoms with van der Waals surface area (Å²) < 4.78 is 0. The molecule has 1 amide bonds. The number of nitrogens with one attached hydrogen (secondary N) is 1. The number of hydrogen-bond donors (Lipinski definition) is 3. The second-order valence-corrected chi connectivity index (χ2v) is 4.61. The monoisotopic (exact) mass is 233 g/mol. The van der Waals surface area contributed by atoms with E-state index in [1.54, 1.807) is 0 Å². The number of nitrogens with two attached hydrogens (primary N) is 2. The lowest BCUT2D eigenvalue weighted by Gasteiger charge is -2.08. The minimum atomic E-state index is -0.554. The standard InChI is InChI=1S/C10H23N3OS/c1-15-7-5-3-2-4-6-13-8-9(11)10(12)14/h9,13H,2-8,11H2,1H3,(H2,12,14). The molecule has 0 aromatic rings. The Hall–Kier alpha value is -0.260. The van der Waals surface area contributed by atoms with Gasteiger partial charge in [-0.2, -0.15) is 11.8 Å². The fraction of sp³-hybridized carbons (Fsp3) is 0.900. The highest BCUT2D eigenvalue weighted by molar-refractivity contribution is 7.98. The summed E-state index contributed by atoms with van der Waals surface area (Å²) in [5.41, 5.74) is 10.5. The van der Waals surface area contributed by atoms with Crippen LogP contribution >= 0.6 is 11.8 Å². The summed E-state index contributed by atoms with van der Waals surface area (Å²) in [6.07, 6.45) is 7.08. The smallest absolute Gasteiger partial charge is 0.235 e. The number of carbonyl (C=O) groups excluding carboxylic acids is 1. The average molecular weight is 233 g/mol. The average Bonchev–Trinajstić information content (AvgIpc) is 2.21. The Morgan fingerprint density at radius 3 is 2.60 bits per heavy atom. The molecule has 0 radical (unpaired) electrons. The zero-order valence-electron chi connectivity index (χ0n) is 9.50. The molecule has 5 N–H and O–H groups in total. The van der Waals surface area contributed by atoms with Crippen molar-refractivity contribution in [3.8, 4) is 0 Å².